The number of benzene rings is 2. The van der Waals surface area contributed by atoms with Crippen molar-refractivity contribution in [3.8, 4) is 0 Å². The van der Waals surface area contributed by atoms with Gasteiger partial charge in [-0.15, -0.1) is 0 Å². The van der Waals surface area contributed by atoms with E-state index in [4.69, 9.17) is 26.8 Å². The number of para-hydroxylation sites is 1. The van der Waals surface area contributed by atoms with Gasteiger partial charge in [0.2, 0.25) is 0 Å². The molecule has 0 bridgehead atoms. The van der Waals surface area contributed by atoms with E-state index in [9.17, 15) is 32.3 Å². The Morgan fingerprint density at radius 3 is 2.35 bits per heavy atom. The molecule has 0 spiro atoms. The predicted molar refractivity (Wildman–Crippen MR) is 225 cm³/mol. The number of carbonyl (C=O) groups excluding carboxylic acids is 4. The van der Waals surface area contributed by atoms with Crippen molar-refractivity contribution in [1.29, 1.82) is 0 Å². The monoisotopic (exact) mass is 863 g/mol. The van der Waals surface area contributed by atoms with Crippen LogP contribution in [0.5, 0.6) is 0 Å². The summed E-state index contributed by atoms with van der Waals surface area (Å²) in [6, 6.07) is 9.44. The van der Waals surface area contributed by atoms with Gasteiger partial charge in [-0.05, 0) is 106 Å². The summed E-state index contributed by atoms with van der Waals surface area (Å²) in [5.74, 6) is -0.176. The lowest BCUT2D eigenvalue weighted by molar-refractivity contribution is -0.145. The first-order chi connectivity index (χ1) is 28.6. The van der Waals surface area contributed by atoms with Crippen molar-refractivity contribution < 1.29 is 41.8 Å². The maximum Gasteiger partial charge on any atom is 0.418 e. The summed E-state index contributed by atoms with van der Waals surface area (Å²) >= 11 is 6.14. The summed E-state index contributed by atoms with van der Waals surface area (Å²) < 4.78 is 53.0. The third-order valence-electron chi connectivity index (χ3n) is 12.4. The van der Waals surface area contributed by atoms with E-state index in [2.05, 4.69) is 35.9 Å². The van der Waals surface area contributed by atoms with Gasteiger partial charge in [0.05, 0.1) is 22.8 Å². The molecule has 4 amide bonds. The number of nitrogens with two attached hydrogens (primary N) is 1. The standard InChI is InChI=1S/C43H61ClF3N7O6/c1-5-51(6-2)23-24-59-38(55)28-52-18-12-31(13-19-52)29(3)11-17-50(4)40(56)37(27-30-25-34(43(45,46)47)39(48)35(44)26-30)60-42(58)53-20-15-33(16-21-53)54-22-14-32-9-7-8-10-36(32)49-41(54)57/h7-10,25-26,29,31,33,37H,5-6,11-24,27-28,48H2,1-4H3,(H,49,57)/t29?,37-/m1/s1. The number of nitrogen functional groups attached to an aromatic ring is 1. The summed E-state index contributed by atoms with van der Waals surface area (Å²) in [6.07, 6.45) is -3.28. The Morgan fingerprint density at radius 1 is 1.00 bits per heavy atom. The van der Waals surface area contributed by atoms with E-state index in [1.165, 1.54) is 15.9 Å². The van der Waals surface area contributed by atoms with Crippen LogP contribution in [0.1, 0.15) is 69.6 Å². The number of likely N-dealkylation sites (N-methyl/N-ethyl adjacent to an activating group) is 2. The van der Waals surface area contributed by atoms with Crippen LogP contribution in [0.3, 0.4) is 0 Å². The van der Waals surface area contributed by atoms with Crippen LogP contribution < -0.4 is 11.1 Å². The minimum Gasteiger partial charge on any atom is -0.463 e. The average molecular weight is 864 g/mol. The number of hydrogen-bond acceptors (Lipinski definition) is 9. The first-order valence-corrected chi connectivity index (χ1v) is 21.6. The van der Waals surface area contributed by atoms with Crippen molar-refractivity contribution in [2.75, 3.05) is 90.2 Å². The number of carbonyl (C=O) groups is 4. The van der Waals surface area contributed by atoms with Crippen molar-refractivity contribution in [1.82, 2.24) is 24.5 Å². The summed E-state index contributed by atoms with van der Waals surface area (Å²) in [7, 11) is 1.59. The van der Waals surface area contributed by atoms with E-state index in [0.29, 0.717) is 57.8 Å². The molecule has 2 aromatic rings. The van der Waals surface area contributed by atoms with Gasteiger partial charge in [0.15, 0.2) is 6.10 Å². The van der Waals surface area contributed by atoms with E-state index in [1.807, 2.05) is 24.3 Å². The highest BCUT2D eigenvalue weighted by Crippen LogP contribution is 2.38. The Balaban J connectivity index is 1.17. The highest BCUT2D eigenvalue weighted by atomic mass is 35.5. The Labute approximate surface area is 356 Å². The molecule has 0 saturated carbocycles. The van der Waals surface area contributed by atoms with E-state index in [-0.39, 0.29) is 60.6 Å². The molecule has 3 aliphatic heterocycles. The van der Waals surface area contributed by atoms with E-state index in [1.54, 1.807) is 11.9 Å². The molecule has 332 valence electrons. The fraction of sp³-hybridized carbons (Fsp3) is 0.628. The maximum absolute atomic E-state index is 14.0. The van der Waals surface area contributed by atoms with Crippen LogP contribution in [-0.2, 0) is 38.1 Å². The third kappa shape index (κ3) is 12.6. The number of alkyl halides is 3. The Hall–Kier alpha value is -4.28. The van der Waals surface area contributed by atoms with Crippen molar-refractivity contribution in [3.05, 3.63) is 58.1 Å². The lowest BCUT2D eigenvalue weighted by atomic mass is 9.83. The van der Waals surface area contributed by atoms with Crippen molar-refractivity contribution in [3.63, 3.8) is 0 Å². The van der Waals surface area contributed by atoms with Gasteiger partial charge in [-0.2, -0.15) is 13.2 Å². The zero-order valence-electron chi connectivity index (χ0n) is 35.3. The van der Waals surface area contributed by atoms with Gasteiger partial charge in [-0.1, -0.05) is 50.6 Å². The number of esters is 1. The minimum absolute atomic E-state index is 0.0425. The van der Waals surface area contributed by atoms with Gasteiger partial charge in [0.1, 0.15) is 6.61 Å². The van der Waals surface area contributed by atoms with Gasteiger partial charge in [0, 0.05) is 57.9 Å². The van der Waals surface area contributed by atoms with Gasteiger partial charge in [0.25, 0.3) is 5.91 Å². The first kappa shape index (κ1) is 46.8. The van der Waals surface area contributed by atoms with Crippen LogP contribution in [0.25, 0.3) is 0 Å². The molecular weight excluding hydrogens is 803 g/mol. The molecule has 2 aromatic carbocycles. The molecule has 0 radical (unpaired) electrons. The topological polar surface area (TPSA) is 141 Å². The molecule has 1 unspecified atom stereocenters. The second-order valence-electron chi connectivity index (χ2n) is 16.2. The molecule has 3 aliphatic rings. The van der Waals surface area contributed by atoms with Crippen LogP contribution in [0.2, 0.25) is 5.02 Å². The van der Waals surface area contributed by atoms with E-state index in [0.717, 1.165) is 56.3 Å². The summed E-state index contributed by atoms with van der Waals surface area (Å²) in [4.78, 5) is 62.3. The molecule has 3 heterocycles. The van der Waals surface area contributed by atoms with Gasteiger partial charge < -0.3 is 40.1 Å². The van der Waals surface area contributed by atoms with Crippen LogP contribution >= 0.6 is 11.6 Å². The zero-order valence-corrected chi connectivity index (χ0v) is 36.0. The van der Waals surface area contributed by atoms with Crippen LogP contribution in [0, 0.1) is 11.8 Å². The number of amides is 4. The largest absolute Gasteiger partial charge is 0.463 e. The lowest BCUT2D eigenvalue weighted by Gasteiger charge is -2.38. The number of anilines is 2. The van der Waals surface area contributed by atoms with E-state index < -0.39 is 35.5 Å². The van der Waals surface area contributed by atoms with Gasteiger partial charge in [-0.3, -0.25) is 14.5 Å². The van der Waals surface area contributed by atoms with Crippen LogP contribution in [0.4, 0.5) is 34.1 Å². The summed E-state index contributed by atoms with van der Waals surface area (Å²) in [6.45, 7) is 12.3. The normalized spacial score (nSPS) is 18.1. The van der Waals surface area contributed by atoms with Crippen LogP contribution in [0.15, 0.2) is 36.4 Å². The highest BCUT2D eigenvalue weighted by Gasteiger charge is 2.37. The van der Waals surface area contributed by atoms with Crippen molar-refractivity contribution in [2.24, 2.45) is 11.8 Å². The number of nitrogens with one attached hydrogen (secondary N) is 1. The Kier molecular flexibility index (Phi) is 16.8. The second kappa shape index (κ2) is 21.5. The number of ether oxygens (including phenoxy) is 2. The predicted octanol–water partition coefficient (Wildman–Crippen LogP) is 6.62. The molecule has 2 saturated heterocycles. The fourth-order valence-corrected chi connectivity index (χ4v) is 8.68. The molecule has 2 fully saturated rings. The zero-order chi connectivity index (χ0) is 43.6. The van der Waals surface area contributed by atoms with Gasteiger partial charge >= 0.3 is 24.3 Å². The number of likely N-dealkylation sites (tertiary alicyclic amines) is 2. The molecular formula is C43H61ClF3N7O6. The number of hydrogen-bond donors (Lipinski definition) is 2. The number of piperidine rings is 2. The summed E-state index contributed by atoms with van der Waals surface area (Å²) in [5.41, 5.74) is 5.79. The third-order valence-corrected chi connectivity index (χ3v) is 12.7. The minimum atomic E-state index is -4.80. The fourth-order valence-electron chi connectivity index (χ4n) is 8.44. The molecule has 2 atom stereocenters. The first-order valence-electron chi connectivity index (χ1n) is 21.2. The Bertz CT molecular complexity index is 1780. The number of nitrogens with zero attached hydrogens (tertiary/aromatic N) is 5. The molecule has 3 N–H and O–H groups in total. The van der Waals surface area contributed by atoms with Crippen molar-refractivity contribution >= 4 is 47.0 Å². The van der Waals surface area contributed by atoms with E-state index >= 15 is 0 Å². The number of fused-ring (bicyclic) bond motifs is 1. The highest BCUT2D eigenvalue weighted by molar-refractivity contribution is 6.33. The summed E-state index contributed by atoms with van der Waals surface area (Å²) in [5, 5.41) is 2.67. The smallest absolute Gasteiger partial charge is 0.418 e. The molecule has 0 aliphatic carbocycles. The van der Waals surface area contributed by atoms with Gasteiger partial charge in [-0.25, -0.2) is 9.59 Å². The molecule has 0 aromatic heterocycles. The van der Waals surface area contributed by atoms with Crippen LogP contribution in [-0.4, -0.2) is 140 Å². The molecule has 17 heteroatoms. The lowest BCUT2D eigenvalue weighted by Crippen LogP contribution is -2.51. The average Bonchev–Trinajstić information content (AvgIpc) is 3.39. The maximum atomic E-state index is 14.0. The Morgan fingerprint density at radius 2 is 1.68 bits per heavy atom. The molecule has 5 rings (SSSR count). The SMILES string of the molecule is CCN(CC)CCOC(=O)CN1CCC(C(C)CCN(C)C(=O)[C@@H](Cc2cc(Cl)c(N)c(C(F)(F)F)c2)OC(=O)N2CCC(N3CCc4ccccc4NC3=O)CC2)CC1. The molecule has 60 heavy (non-hydrogen) atoms. The van der Waals surface area contributed by atoms with Crippen molar-refractivity contribution in [2.45, 2.75) is 84.0 Å². The second-order valence-corrected chi connectivity index (χ2v) is 16.7. The number of urea groups is 1. The quantitative estimate of drug-likeness (QED) is 0.141. The number of halogens is 4. The number of rotatable bonds is 16. The molecule has 13 nitrogen and oxygen atoms in total.